The molecule has 3 heterocycles. The SMILES string of the molecule is c1ccc(-c2cccc(-n3c4ccccc4c4c5c6ccccc6n(-c6ccc(-c7ccc(-n8c9ccccc9c9ccccc98)cc7)cc6)c5ccc43)c2)cc1. The molecular weight excluding hydrogens is 691 g/mol. The summed E-state index contributed by atoms with van der Waals surface area (Å²) in [5.41, 5.74) is 15.5. The lowest BCUT2D eigenvalue weighted by Crippen LogP contribution is -1.95. The summed E-state index contributed by atoms with van der Waals surface area (Å²) in [6.45, 7) is 0. The first kappa shape index (κ1) is 31.7. The molecule has 0 aliphatic rings. The Labute approximate surface area is 329 Å². The lowest BCUT2D eigenvalue weighted by Gasteiger charge is -2.12. The fourth-order valence-electron chi connectivity index (χ4n) is 9.34. The van der Waals surface area contributed by atoms with Gasteiger partial charge >= 0.3 is 0 Å². The smallest absolute Gasteiger partial charge is 0.0548 e. The van der Waals surface area contributed by atoms with Crippen molar-refractivity contribution in [2.75, 3.05) is 0 Å². The molecule has 0 atom stereocenters. The van der Waals surface area contributed by atoms with Gasteiger partial charge in [0.15, 0.2) is 0 Å². The quantitative estimate of drug-likeness (QED) is 0.168. The monoisotopic (exact) mass is 725 g/mol. The molecule has 0 radical (unpaired) electrons. The van der Waals surface area contributed by atoms with Crippen molar-refractivity contribution in [1.82, 2.24) is 13.7 Å². The van der Waals surface area contributed by atoms with Gasteiger partial charge in [-0.15, -0.1) is 0 Å². The van der Waals surface area contributed by atoms with Crippen molar-refractivity contribution in [3.63, 3.8) is 0 Å². The zero-order valence-electron chi connectivity index (χ0n) is 31.0. The van der Waals surface area contributed by atoms with Gasteiger partial charge in [0.05, 0.1) is 33.1 Å². The van der Waals surface area contributed by atoms with Gasteiger partial charge in [-0.05, 0) is 95.1 Å². The number of hydrogen-bond donors (Lipinski definition) is 0. The van der Waals surface area contributed by atoms with Gasteiger partial charge in [0.2, 0.25) is 0 Å². The molecule has 0 amide bonds. The Hall–Kier alpha value is -7.62. The number of fused-ring (bicyclic) bond motifs is 10. The second-order valence-electron chi connectivity index (χ2n) is 14.9. The largest absolute Gasteiger partial charge is 0.309 e. The molecular formula is C54H35N3. The summed E-state index contributed by atoms with van der Waals surface area (Å²) >= 11 is 0. The van der Waals surface area contributed by atoms with Crippen molar-refractivity contribution in [1.29, 1.82) is 0 Å². The topological polar surface area (TPSA) is 14.8 Å². The molecule has 3 nitrogen and oxygen atoms in total. The molecule has 3 aromatic heterocycles. The summed E-state index contributed by atoms with van der Waals surface area (Å²) < 4.78 is 7.24. The maximum absolute atomic E-state index is 2.43. The summed E-state index contributed by atoms with van der Waals surface area (Å²) in [5, 5.41) is 7.62. The minimum atomic E-state index is 1.14. The normalized spacial score (nSPS) is 11.9. The molecule has 0 spiro atoms. The zero-order valence-corrected chi connectivity index (χ0v) is 31.0. The van der Waals surface area contributed by atoms with Crippen LogP contribution in [0.15, 0.2) is 212 Å². The van der Waals surface area contributed by atoms with Crippen molar-refractivity contribution in [2.45, 2.75) is 0 Å². The number of aromatic nitrogens is 3. The molecule has 0 unspecified atom stereocenters. The highest BCUT2D eigenvalue weighted by atomic mass is 15.0. The van der Waals surface area contributed by atoms with Crippen molar-refractivity contribution >= 4 is 65.4 Å². The first-order valence-electron chi connectivity index (χ1n) is 19.6. The molecule has 9 aromatic carbocycles. The summed E-state index contributed by atoms with van der Waals surface area (Å²) in [5.74, 6) is 0. The molecule has 57 heavy (non-hydrogen) atoms. The van der Waals surface area contributed by atoms with Crippen LogP contribution in [0.25, 0.3) is 105 Å². The number of nitrogens with zero attached hydrogens (tertiary/aromatic N) is 3. The first-order chi connectivity index (χ1) is 28.3. The van der Waals surface area contributed by atoms with E-state index in [1.165, 1.54) is 87.7 Å². The van der Waals surface area contributed by atoms with Crippen LogP contribution in [0.5, 0.6) is 0 Å². The van der Waals surface area contributed by atoms with Gasteiger partial charge in [0.1, 0.15) is 0 Å². The van der Waals surface area contributed by atoms with Crippen LogP contribution in [0.4, 0.5) is 0 Å². The summed E-state index contributed by atoms with van der Waals surface area (Å²) in [6.07, 6.45) is 0. The molecule has 0 bridgehead atoms. The van der Waals surface area contributed by atoms with E-state index in [1.807, 2.05) is 0 Å². The first-order valence-corrected chi connectivity index (χ1v) is 19.6. The van der Waals surface area contributed by atoms with Crippen LogP contribution < -0.4 is 0 Å². The van der Waals surface area contributed by atoms with Gasteiger partial charge in [0, 0.05) is 49.4 Å². The van der Waals surface area contributed by atoms with Crippen molar-refractivity contribution in [3.05, 3.63) is 212 Å². The predicted molar refractivity (Wildman–Crippen MR) is 240 cm³/mol. The van der Waals surface area contributed by atoms with Gasteiger partial charge in [0.25, 0.3) is 0 Å². The maximum atomic E-state index is 2.43. The van der Waals surface area contributed by atoms with E-state index in [4.69, 9.17) is 0 Å². The highest BCUT2D eigenvalue weighted by Gasteiger charge is 2.21. The molecule has 0 fully saturated rings. The summed E-state index contributed by atoms with van der Waals surface area (Å²) in [7, 11) is 0. The van der Waals surface area contributed by atoms with E-state index >= 15 is 0 Å². The molecule has 12 rings (SSSR count). The zero-order chi connectivity index (χ0) is 37.5. The third kappa shape index (κ3) is 4.79. The van der Waals surface area contributed by atoms with Gasteiger partial charge in [-0.25, -0.2) is 0 Å². The Morgan fingerprint density at radius 2 is 0.579 bits per heavy atom. The number of rotatable bonds is 5. The fourth-order valence-corrected chi connectivity index (χ4v) is 9.34. The highest BCUT2D eigenvalue weighted by Crippen LogP contribution is 2.43. The Morgan fingerprint density at radius 3 is 1.09 bits per heavy atom. The van der Waals surface area contributed by atoms with E-state index in [1.54, 1.807) is 0 Å². The maximum Gasteiger partial charge on any atom is 0.0548 e. The van der Waals surface area contributed by atoms with Crippen LogP contribution in [0.1, 0.15) is 0 Å². The summed E-state index contributed by atoms with van der Waals surface area (Å²) in [6, 6.07) is 77.3. The lowest BCUT2D eigenvalue weighted by atomic mass is 10.0. The van der Waals surface area contributed by atoms with Crippen LogP contribution >= 0.6 is 0 Å². The molecule has 0 N–H and O–H groups in total. The Kier molecular flexibility index (Phi) is 6.93. The standard InChI is InChI=1S/C54H35N3/c1-2-13-36(14-3-1)39-15-12-16-42(35-39)57-50-24-11-7-20-46(50)54-52(57)34-33-51-53(54)45-19-6-10-23-49(45)56(51)41-31-27-38(28-32-41)37-25-29-40(30-26-37)55-47-21-8-4-17-43(47)44-18-5-9-22-48(44)55/h1-35H. The number of hydrogen-bond acceptors (Lipinski definition) is 0. The minimum absolute atomic E-state index is 1.14. The van der Waals surface area contributed by atoms with Crippen LogP contribution in [0, 0.1) is 0 Å². The second kappa shape index (κ2) is 12.5. The predicted octanol–water partition coefficient (Wildman–Crippen LogP) is 14.3. The molecule has 0 saturated carbocycles. The van der Waals surface area contributed by atoms with Crippen molar-refractivity contribution in [2.24, 2.45) is 0 Å². The third-order valence-electron chi connectivity index (χ3n) is 11.8. The van der Waals surface area contributed by atoms with E-state index in [9.17, 15) is 0 Å². The van der Waals surface area contributed by atoms with E-state index in [0.717, 1.165) is 17.1 Å². The van der Waals surface area contributed by atoms with Gasteiger partial charge < -0.3 is 13.7 Å². The minimum Gasteiger partial charge on any atom is -0.309 e. The van der Waals surface area contributed by atoms with Crippen LogP contribution in [-0.2, 0) is 0 Å². The molecule has 0 aliphatic carbocycles. The van der Waals surface area contributed by atoms with E-state index < -0.39 is 0 Å². The lowest BCUT2D eigenvalue weighted by molar-refractivity contribution is 1.17. The molecule has 0 saturated heterocycles. The molecule has 266 valence electrons. The fraction of sp³-hybridized carbons (Fsp3) is 0. The van der Waals surface area contributed by atoms with E-state index in [2.05, 4.69) is 226 Å². The molecule has 12 aromatic rings. The highest BCUT2D eigenvalue weighted by molar-refractivity contribution is 6.29. The third-order valence-corrected chi connectivity index (χ3v) is 11.8. The Morgan fingerprint density at radius 1 is 0.211 bits per heavy atom. The van der Waals surface area contributed by atoms with Gasteiger partial charge in [-0.2, -0.15) is 0 Å². The van der Waals surface area contributed by atoms with Crippen molar-refractivity contribution < 1.29 is 0 Å². The van der Waals surface area contributed by atoms with Crippen LogP contribution in [0.3, 0.4) is 0 Å². The van der Waals surface area contributed by atoms with Crippen molar-refractivity contribution in [3.8, 4) is 39.3 Å². The number of para-hydroxylation sites is 4. The summed E-state index contributed by atoms with van der Waals surface area (Å²) in [4.78, 5) is 0. The average molecular weight is 726 g/mol. The molecule has 0 aliphatic heterocycles. The second-order valence-corrected chi connectivity index (χ2v) is 14.9. The van der Waals surface area contributed by atoms with Crippen LogP contribution in [-0.4, -0.2) is 13.7 Å². The average Bonchev–Trinajstić information content (AvgIpc) is 3.93. The number of benzene rings is 9. The Balaban J connectivity index is 0.979. The van der Waals surface area contributed by atoms with Crippen LogP contribution in [0.2, 0.25) is 0 Å². The van der Waals surface area contributed by atoms with Gasteiger partial charge in [-0.3, -0.25) is 0 Å². The van der Waals surface area contributed by atoms with E-state index in [0.29, 0.717) is 0 Å². The van der Waals surface area contributed by atoms with E-state index in [-0.39, 0.29) is 0 Å². The molecule has 3 heteroatoms. The van der Waals surface area contributed by atoms with Gasteiger partial charge in [-0.1, -0.05) is 140 Å². The Bertz CT molecular complexity index is 3440.